The molecule has 0 spiro atoms. The molecule has 0 bridgehead atoms. The molecule has 0 aliphatic carbocycles. The van der Waals surface area contributed by atoms with Crippen LogP contribution in [0.25, 0.3) is 28.2 Å². The average molecular weight is 427 g/mol. The first-order valence-corrected chi connectivity index (χ1v) is 10.6. The molecule has 3 heterocycles. The van der Waals surface area contributed by atoms with Crippen LogP contribution in [0.2, 0.25) is 0 Å². The van der Waals surface area contributed by atoms with E-state index in [9.17, 15) is 4.79 Å². The number of imidazole rings is 1. The third-order valence-corrected chi connectivity index (χ3v) is 5.35. The van der Waals surface area contributed by atoms with Crippen molar-refractivity contribution in [3.8, 4) is 17.1 Å². The van der Waals surface area contributed by atoms with Crippen molar-refractivity contribution in [2.24, 2.45) is 0 Å². The lowest BCUT2D eigenvalue weighted by molar-refractivity contribution is -0.114. The summed E-state index contributed by atoms with van der Waals surface area (Å²) in [4.78, 5) is 25.4. The van der Waals surface area contributed by atoms with Crippen LogP contribution in [-0.2, 0) is 4.79 Å². The molecule has 8 heteroatoms. The van der Waals surface area contributed by atoms with Crippen molar-refractivity contribution in [1.29, 1.82) is 0 Å². The number of hydrogen-bond acceptors (Lipinski definition) is 6. The summed E-state index contributed by atoms with van der Waals surface area (Å²) >= 11 is 1.62. The van der Waals surface area contributed by atoms with Crippen molar-refractivity contribution in [2.75, 3.05) is 10.6 Å². The first-order chi connectivity index (χ1) is 15.2. The molecule has 0 radical (unpaired) electrons. The highest BCUT2D eigenvalue weighted by molar-refractivity contribution is 7.08. The van der Waals surface area contributed by atoms with Gasteiger partial charge in [-0.25, -0.2) is 15.0 Å². The summed E-state index contributed by atoms with van der Waals surface area (Å²) in [6.07, 6.45) is 1.77. The molecule has 0 aliphatic rings. The van der Waals surface area contributed by atoms with Crippen LogP contribution in [0, 0.1) is 0 Å². The molecule has 2 N–H and O–H groups in total. The lowest BCUT2D eigenvalue weighted by Gasteiger charge is -2.10. The van der Waals surface area contributed by atoms with E-state index in [2.05, 4.69) is 21.0 Å². The van der Waals surface area contributed by atoms with Gasteiger partial charge < -0.3 is 10.6 Å². The lowest BCUT2D eigenvalue weighted by Crippen LogP contribution is -2.05. The van der Waals surface area contributed by atoms with Crippen LogP contribution in [0.4, 0.5) is 17.2 Å². The first kappa shape index (κ1) is 19.0. The zero-order chi connectivity index (χ0) is 21.2. The van der Waals surface area contributed by atoms with Gasteiger partial charge in [-0.3, -0.25) is 9.36 Å². The Morgan fingerprint density at radius 3 is 2.45 bits per heavy atom. The highest BCUT2D eigenvalue weighted by Crippen LogP contribution is 2.29. The molecule has 0 atom stereocenters. The molecule has 3 aromatic heterocycles. The van der Waals surface area contributed by atoms with Gasteiger partial charge in [0, 0.05) is 29.2 Å². The van der Waals surface area contributed by atoms with Gasteiger partial charge >= 0.3 is 0 Å². The normalized spacial score (nSPS) is 10.9. The number of carbonyl (C=O) groups is 1. The van der Waals surface area contributed by atoms with Gasteiger partial charge in [0.15, 0.2) is 22.8 Å². The predicted molar refractivity (Wildman–Crippen MR) is 124 cm³/mol. The van der Waals surface area contributed by atoms with Crippen LogP contribution in [0.1, 0.15) is 6.92 Å². The molecule has 1 amide bonds. The molecule has 152 valence electrons. The smallest absolute Gasteiger partial charge is 0.221 e. The molecule has 5 rings (SSSR count). The predicted octanol–water partition coefficient (Wildman–Crippen LogP) is 5.25. The van der Waals surface area contributed by atoms with Crippen molar-refractivity contribution in [3.63, 3.8) is 0 Å². The topological polar surface area (TPSA) is 84.7 Å². The fourth-order valence-electron chi connectivity index (χ4n) is 3.26. The summed E-state index contributed by atoms with van der Waals surface area (Å²) in [6.45, 7) is 1.48. The second-order valence-corrected chi connectivity index (χ2v) is 7.69. The average Bonchev–Trinajstić information content (AvgIpc) is 3.45. The number of thiophene rings is 1. The Morgan fingerprint density at radius 1 is 0.968 bits per heavy atom. The summed E-state index contributed by atoms with van der Waals surface area (Å²) in [6, 6.07) is 19.3. The van der Waals surface area contributed by atoms with Crippen LogP contribution in [-0.4, -0.2) is 25.4 Å². The summed E-state index contributed by atoms with van der Waals surface area (Å²) in [5, 5.41) is 10.2. The lowest BCUT2D eigenvalue weighted by atomic mass is 10.2. The quantitative estimate of drug-likeness (QED) is 0.401. The number of anilines is 3. The van der Waals surface area contributed by atoms with Crippen molar-refractivity contribution in [2.45, 2.75) is 6.92 Å². The number of nitrogens with zero attached hydrogens (tertiary/aromatic N) is 4. The van der Waals surface area contributed by atoms with Crippen molar-refractivity contribution in [1.82, 2.24) is 19.5 Å². The largest absolute Gasteiger partial charge is 0.338 e. The van der Waals surface area contributed by atoms with Crippen molar-refractivity contribution in [3.05, 3.63) is 77.8 Å². The van der Waals surface area contributed by atoms with Crippen LogP contribution in [0.5, 0.6) is 0 Å². The summed E-state index contributed by atoms with van der Waals surface area (Å²) in [7, 11) is 0. The number of carbonyl (C=O) groups excluding carboxylic acids is 1. The molecule has 0 unspecified atom stereocenters. The van der Waals surface area contributed by atoms with E-state index in [1.165, 1.54) is 6.92 Å². The van der Waals surface area contributed by atoms with E-state index in [0.717, 1.165) is 28.3 Å². The Balaban J connectivity index is 1.60. The number of nitrogens with one attached hydrogen (secondary N) is 2. The Hall–Kier alpha value is -4.04. The molecule has 0 aliphatic heterocycles. The standard InChI is InChI=1S/C23H18N6OS/c1-15(30)25-17-7-9-18(10-8-17)26-22-20-23(29(14-24-20)19-11-12-31-13-19)28-21(27-22)16-5-3-2-4-6-16/h2-14H,1H3,(H,25,30)(H,26,27,28). The van der Waals surface area contributed by atoms with Crippen LogP contribution in [0.15, 0.2) is 77.8 Å². The van der Waals surface area contributed by atoms with E-state index in [4.69, 9.17) is 9.97 Å². The van der Waals surface area contributed by atoms with E-state index in [1.54, 1.807) is 17.7 Å². The van der Waals surface area contributed by atoms with Gasteiger partial charge in [0.2, 0.25) is 5.91 Å². The molecule has 0 saturated carbocycles. The van der Waals surface area contributed by atoms with Gasteiger partial charge in [-0.15, -0.1) is 0 Å². The fraction of sp³-hybridized carbons (Fsp3) is 0.0435. The molecule has 31 heavy (non-hydrogen) atoms. The molecule has 0 fully saturated rings. The molecule has 5 aromatic rings. The zero-order valence-electron chi connectivity index (χ0n) is 16.6. The summed E-state index contributed by atoms with van der Waals surface area (Å²) in [5.74, 6) is 1.12. The van der Waals surface area contributed by atoms with Crippen molar-refractivity contribution >= 4 is 45.6 Å². The van der Waals surface area contributed by atoms with Gasteiger partial charge in [0.1, 0.15) is 6.33 Å². The molecular formula is C23H18N6OS. The Labute approximate surface area is 182 Å². The first-order valence-electron chi connectivity index (χ1n) is 9.65. The van der Waals surface area contributed by atoms with E-state index in [0.29, 0.717) is 17.2 Å². The third-order valence-electron chi connectivity index (χ3n) is 4.68. The number of aromatic nitrogens is 4. The van der Waals surface area contributed by atoms with Gasteiger partial charge in [-0.2, -0.15) is 11.3 Å². The van der Waals surface area contributed by atoms with Gasteiger partial charge in [-0.1, -0.05) is 30.3 Å². The number of rotatable bonds is 5. The minimum Gasteiger partial charge on any atom is -0.338 e. The maximum absolute atomic E-state index is 11.3. The highest BCUT2D eigenvalue weighted by Gasteiger charge is 2.16. The fourth-order valence-corrected chi connectivity index (χ4v) is 3.89. The molecular weight excluding hydrogens is 408 g/mol. The highest BCUT2D eigenvalue weighted by atomic mass is 32.1. The summed E-state index contributed by atoms with van der Waals surface area (Å²) in [5.41, 5.74) is 4.90. The molecule has 2 aromatic carbocycles. The van der Waals surface area contributed by atoms with Crippen LogP contribution < -0.4 is 10.6 Å². The Bertz CT molecular complexity index is 1340. The zero-order valence-corrected chi connectivity index (χ0v) is 17.4. The number of amides is 1. The van der Waals surface area contributed by atoms with Crippen LogP contribution >= 0.6 is 11.3 Å². The van der Waals surface area contributed by atoms with Gasteiger partial charge in [0.25, 0.3) is 0 Å². The second kappa shape index (κ2) is 8.00. The summed E-state index contributed by atoms with van der Waals surface area (Å²) < 4.78 is 1.96. The molecule has 0 saturated heterocycles. The Morgan fingerprint density at radius 2 is 1.74 bits per heavy atom. The minimum absolute atomic E-state index is 0.107. The van der Waals surface area contributed by atoms with Crippen molar-refractivity contribution < 1.29 is 4.79 Å². The minimum atomic E-state index is -0.107. The van der Waals surface area contributed by atoms with E-state index < -0.39 is 0 Å². The Kier molecular flexibility index (Phi) is 4.89. The second-order valence-electron chi connectivity index (χ2n) is 6.91. The van der Waals surface area contributed by atoms with Gasteiger partial charge in [0.05, 0.1) is 5.69 Å². The maximum atomic E-state index is 11.3. The SMILES string of the molecule is CC(=O)Nc1ccc(Nc2nc(-c3ccccc3)nc3c2ncn3-c2ccsc2)cc1. The molecule has 7 nitrogen and oxygen atoms in total. The van der Waals surface area contributed by atoms with Crippen LogP contribution in [0.3, 0.4) is 0 Å². The number of hydrogen-bond donors (Lipinski definition) is 2. The number of benzene rings is 2. The van der Waals surface area contributed by atoms with E-state index >= 15 is 0 Å². The van der Waals surface area contributed by atoms with Gasteiger partial charge in [-0.05, 0) is 35.7 Å². The van der Waals surface area contributed by atoms with E-state index in [-0.39, 0.29) is 5.91 Å². The number of fused-ring (bicyclic) bond motifs is 1. The monoisotopic (exact) mass is 426 g/mol. The third kappa shape index (κ3) is 3.88. The maximum Gasteiger partial charge on any atom is 0.221 e. The van der Waals surface area contributed by atoms with E-state index in [1.807, 2.05) is 70.6 Å².